The van der Waals surface area contributed by atoms with Crippen LogP contribution in [0.25, 0.3) is 0 Å². The summed E-state index contributed by atoms with van der Waals surface area (Å²) >= 11 is 0. The molecule has 1 amide bonds. The zero-order valence-corrected chi connectivity index (χ0v) is 14.3. The molecule has 1 fully saturated rings. The highest BCUT2D eigenvalue weighted by atomic mass is 16.5. The number of ether oxygens (including phenoxy) is 1. The minimum absolute atomic E-state index is 0.0841. The van der Waals surface area contributed by atoms with Crippen molar-refractivity contribution in [3.05, 3.63) is 29.8 Å². The van der Waals surface area contributed by atoms with Gasteiger partial charge in [-0.25, -0.2) is 0 Å². The van der Waals surface area contributed by atoms with Crippen molar-refractivity contribution in [3.63, 3.8) is 0 Å². The van der Waals surface area contributed by atoms with E-state index in [0.717, 1.165) is 17.7 Å². The van der Waals surface area contributed by atoms with E-state index in [0.29, 0.717) is 26.1 Å². The van der Waals surface area contributed by atoms with Gasteiger partial charge in [0.05, 0.1) is 25.1 Å². The molecule has 6 heteroatoms. The van der Waals surface area contributed by atoms with Gasteiger partial charge in [-0.2, -0.15) is 0 Å². The Bertz CT molecular complexity index is 576. The summed E-state index contributed by atoms with van der Waals surface area (Å²) in [5.74, 6) is -0.438. The largest absolute Gasteiger partial charge is 0.494 e. The van der Waals surface area contributed by atoms with Gasteiger partial charge in [0.1, 0.15) is 5.75 Å². The lowest BCUT2D eigenvalue weighted by Crippen LogP contribution is -2.38. The molecule has 2 N–H and O–H groups in total. The molecule has 0 saturated carbocycles. The van der Waals surface area contributed by atoms with Gasteiger partial charge < -0.3 is 15.2 Å². The first-order valence-electron chi connectivity index (χ1n) is 8.51. The van der Waals surface area contributed by atoms with E-state index < -0.39 is 5.97 Å². The van der Waals surface area contributed by atoms with Crippen molar-refractivity contribution >= 4 is 11.9 Å². The molecule has 1 saturated heterocycles. The van der Waals surface area contributed by atoms with E-state index in [1.165, 1.54) is 0 Å². The number of carbonyl (C=O) groups is 2. The molecule has 132 valence electrons. The first kappa shape index (κ1) is 18.3. The number of likely N-dealkylation sites (tertiary alicyclic amines) is 1. The Labute approximate surface area is 142 Å². The second-order valence-corrected chi connectivity index (χ2v) is 6.06. The van der Waals surface area contributed by atoms with Crippen LogP contribution in [0.4, 0.5) is 0 Å². The first-order valence-corrected chi connectivity index (χ1v) is 8.51. The van der Waals surface area contributed by atoms with E-state index in [1.54, 1.807) is 0 Å². The fourth-order valence-electron chi connectivity index (χ4n) is 3.08. The van der Waals surface area contributed by atoms with Crippen LogP contribution in [0.15, 0.2) is 24.3 Å². The van der Waals surface area contributed by atoms with Crippen LogP contribution in [-0.2, 0) is 9.59 Å². The quantitative estimate of drug-likeness (QED) is 0.761. The molecule has 2 atom stereocenters. The summed E-state index contributed by atoms with van der Waals surface area (Å²) in [7, 11) is 0. The Morgan fingerprint density at radius 1 is 1.38 bits per heavy atom. The monoisotopic (exact) mass is 334 g/mol. The van der Waals surface area contributed by atoms with Crippen molar-refractivity contribution in [2.45, 2.75) is 32.7 Å². The summed E-state index contributed by atoms with van der Waals surface area (Å²) in [5, 5.41) is 12.1. The molecule has 24 heavy (non-hydrogen) atoms. The highest BCUT2D eigenvalue weighted by Crippen LogP contribution is 2.27. The molecule has 0 aliphatic carbocycles. The third-order valence-corrected chi connectivity index (χ3v) is 4.33. The van der Waals surface area contributed by atoms with Crippen LogP contribution in [0.3, 0.4) is 0 Å². The van der Waals surface area contributed by atoms with Crippen LogP contribution in [0.2, 0.25) is 0 Å². The van der Waals surface area contributed by atoms with Crippen molar-refractivity contribution in [1.82, 2.24) is 10.2 Å². The Morgan fingerprint density at radius 2 is 2.12 bits per heavy atom. The highest BCUT2D eigenvalue weighted by molar-refractivity contribution is 5.79. The van der Waals surface area contributed by atoms with Crippen LogP contribution in [0, 0.1) is 5.92 Å². The number of nitrogens with zero attached hydrogens (tertiary/aromatic N) is 1. The Balaban J connectivity index is 1.95. The maximum absolute atomic E-state index is 12.3. The van der Waals surface area contributed by atoms with Crippen molar-refractivity contribution in [2.75, 3.05) is 26.2 Å². The van der Waals surface area contributed by atoms with Crippen LogP contribution >= 0.6 is 0 Å². The van der Waals surface area contributed by atoms with Crippen LogP contribution < -0.4 is 10.1 Å². The number of benzene rings is 1. The molecule has 1 aliphatic rings. The Kier molecular flexibility index (Phi) is 6.61. The number of carboxylic acid groups (broad SMARTS) is 1. The van der Waals surface area contributed by atoms with Gasteiger partial charge >= 0.3 is 5.97 Å². The van der Waals surface area contributed by atoms with Crippen LogP contribution in [0.1, 0.15) is 38.3 Å². The Hall–Kier alpha value is -2.08. The van der Waals surface area contributed by atoms with Gasteiger partial charge in [-0.05, 0) is 32.4 Å². The SMILES string of the molecule is CCOc1ccccc1C(CC)NC(=O)CN1CCC(C(=O)O)C1. The van der Waals surface area contributed by atoms with E-state index >= 15 is 0 Å². The molecule has 6 nitrogen and oxygen atoms in total. The van der Waals surface area contributed by atoms with Gasteiger partial charge in [0.25, 0.3) is 0 Å². The maximum Gasteiger partial charge on any atom is 0.307 e. The summed E-state index contributed by atoms with van der Waals surface area (Å²) in [6.07, 6.45) is 1.36. The minimum Gasteiger partial charge on any atom is -0.494 e. The molecular formula is C18H26N2O4. The number of aliphatic carboxylic acids is 1. The van der Waals surface area contributed by atoms with Crippen molar-refractivity contribution in [2.24, 2.45) is 5.92 Å². The maximum atomic E-state index is 12.3. The minimum atomic E-state index is -0.782. The Morgan fingerprint density at radius 3 is 2.75 bits per heavy atom. The predicted molar refractivity (Wildman–Crippen MR) is 91.0 cm³/mol. The van der Waals surface area contributed by atoms with Crippen molar-refractivity contribution in [3.8, 4) is 5.75 Å². The second kappa shape index (κ2) is 8.68. The molecule has 1 aliphatic heterocycles. The molecule has 1 aromatic rings. The van der Waals surface area contributed by atoms with Crippen molar-refractivity contribution in [1.29, 1.82) is 0 Å². The lowest BCUT2D eigenvalue weighted by molar-refractivity contribution is -0.141. The topological polar surface area (TPSA) is 78.9 Å². The normalized spacial score (nSPS) is 19.0. The molecule has 1 heterocycles. The summed E-state index contributed by atoms with van der Waals surface area (Å²) in [6.45, 7) is 5.85. The molecule has 0 bridgehead atoms. The number of para-hydroxylation sites is 1. The molecular weight excluding hydrogens is 308 g/mol. The molecule has 0 radical (unpaired) electrons. The average molecular weight is 334 g/mol. The van der Waals surface area contributed by atoms with Gasteiger partial charge in [-0.15, -0.1) is 0 Å². The summed E-state index contributed by atoms with van der Waals surface area (Å²) in [6, 6.07) is 7.61. The summed E-state index contributed by atoms with van der Waals surface area (Å²) in [4.78, 5) is 25.2. The van der Waals surface area contributed by atoms with Gasteiger partial charge in [0.2, 0.25) is 5.91 Å². The molecule has 1 aromatic carbocycles. The number of amides is 1. The van der Waals surface area contributed by atoms with E-state index in [1.807, 2.05) is 43.0 Å². The third-order valence-electron chi connectivity index (χ3n) is 4.33. The predicted octanol–water partition coefficient (Wildman–Crippen LogP) is 2.06. The molecule has 2 rings (SSSR count). The number of carbonyl (C=O) groups excluding carboxylic acids is 1. The van der Waals surface area contributed by atoms with Crippen LogP contribution in [0.5, 0.6) is 5.75 Å². The standard InChI is InChI=1S/C18H26N2O4/c1-3-15(14-7-5-6-8-16(14)24-4-2)19-17(21)12-20-10-9-13(11-20)18(22)23/h5-8,13,15H,3-4,9-12H2,1-2H3,(H,19,21)(H,22,23). The lowest BCUT2D eigenvalue weighted by Gasteiger charge is -2.22. The number of hydrogen-bond donors (Lipinski definition) is 2. The fraction of sp³-hybridized carbons (Fsp3) is 0.556. The second-order valence-electron chi connectivity index (χ2n) is 6.06. The first-order chi connectivity index (χ1) is 11.5. The lowest BCUT2D eigenvalue weighted by atomic mass is 10.0. The number of carboxylic acids is 1. The fourth-order valence-corrected chi connectivity index (χ4v) is 3.08. The van der Waals surface area contributed by atoms with Gasteiger partial charge in [-0.1, -0.05) is 25.1 Å². The zero-order chi connectivity index (χ0) is 17.5. The zero-order valence-electron chi connectivity index (χ0n) is 14.3. The summed E-state index contributed by atoms with van der Waals surface area (Å²) in [5.41, 5.74) is 0.972. The smallest absolute Gasteiger partial charge is 0.307 e. The number of hydrogen-bond acceptors (Lipinski definition) is 4. The van der Waals surface area contributed by atoms with Crippen LogP contribution in [-0.4, -0.2) is 48.1 Å². The van der Waals surface area contributed by atoms with Gasteiger partial charge in [-0.3, -0.25) is 14.5 Å². The van der Waals surface area contributed by atoms with Gasteiger partial charge in [0, 0.05) is 12.1 Å². The molecule has 0 spiro atoms. The van der Waals surface area contributed by atoms with E-state index in [9.17, 15) is 9.59 Å². The molecule has 0 aromatic heterocycles. The van der Waals surface area contributed by atoms with Gasteiger partial charge in [0.15, 0.2) is 0 Å². The van der Waals surface area contributed by atoms with Crippen molar-refractivity contribution < 1.29 is 19.4 Å². The number of rotatable bonds is 8. The molecule has 2 unspecified atom stereocenters. The average Bonchev–Trinajstić information content (AvgIpc) is 3.02. The summed E-state index contributed by atoms with van der Waals surface area (Å²) < 4.78 is 5.65. The van der Waals surface area contributed by atoms with E-state index in [-0.39, 0.29) is 24.4 Å². The van der Waals surface area contributed by atoms with E-state index in [2.05, 4.69) is 5.32 Å². The number of nitrogens with one attached hydrogen (secondary N) is 1. The highest BCUT2D eigenvalue weighted by Gasteiger charge is 2.29. The van der Waals surface area contributed by atoms with E-state index in [4.69, 9.17) is 9.84 Å². The third kappa shape index (κ3) is 4.71.